The number of hydrogen-bond donors (Lipinski definition) is 2. The second-order valence-electron chi connectivity index (χ2n) is 5.44. The van der Waals surface area contributed by atoms with Crippen molar-refractivity contribution in [2.24, 2.45) is 11.7 Å². The Morgan fingerprint density at radius 2 is 2.17 bits per heavy atom. The molecule has 1 unspecified atom stereocenters. The van der Waals surface area contributed by atoms with Crippen molar-refractivity contribution in [3.63, 3.8) is 0 Å². The summed E-state index contributed by atoms with van der Waals surface area (Å²) >= 11 is 0. The normalized spacial score (nSPS) is 14.6. The highest BCUT2D eigenvalue weighted by Gasteiger charge is 2.27. The van der Waals surface area contributed by atoms with Crippen LogP contribution in [0.4, 0.5) is 0 Å². The number of amides is 1. The average Bonchev–Trinajstić information content (AvgIpc) is 2.76. The predicted octanol–water partition coefficient (Wildman–Crippen LogP) is 2.34. The number of nitrogens with one attached hydrogen (secondary N) is 1. The van der Waals surface area contributed by atoms with Crippen molar-refractivity contribution in [2.45, 2.75) is 46.1 Å². The maximum absolute atomic E-state index is 12.1. The Labute approximate surface area is 109 Å². The number of carbonyl (C=O) groups excluding carboxylic acids is 1. The van der Waals surface area contributed by atoms with Crippen molar-refractivity contribution in [1.82, 2.24) is 5.32 Å². The summed E-state index contributed by atoms with van der Waals surface area (Å²) in [5, 5.41) is 2.97. The van der Waals surface area contributed by atoms with Gasteiger partial charge in [0.1, 0.15) is 5.76 Å². The minimum Gasteiger partial charge on any atom is -0.456 e. The molecule has 0 spiro atoms. The molecule has 1 heterocycles. The van der Waals surface area contributed by atoms with Crippen LogP contribution >= 0.6 is 0 Å². The molecule has 0 aliphatic rings. The molecular weight excluding hydrogens is 228 g/mol. The fourth-order valence-corrected chi connectivity index (χ4v) is 2.11. The van der Waals surface area contributed by atoms with Gasteiger partial charge in [-0.2, -0.15) is 0 Å². The van der Waals surface area contributed by atoms with Gasteiger partial charge in [-0.15, -0.1) is 0 Å². The van der Waals surface area contributed by atoms with Gasteiger partial charge in [0.25, 0.3) is 5.91 Å². The van der Waals surface area contributed by atoms with Gasteiger partial charge in [-0.25, -0.2) is 0 Å². The monoisotopic (exact) mass is 252 g/mol. The van der Waals surface area contributed by atoms with Gasteiger partial charge in [-0.3, -0.25) is 4.79 Å². The van der Waals surface area contributed by atoms with Gasteiger partial charge in [-0.1, -0.05) is 20.8 Å². The fourth-order valence-electron chi connectivity index (χ4n) is 2.11. The Morgan fingerprint density at radius 1 is 1.50 bits per heavy atom. The van der Waals surface area contributed by atoms with Crippen molar-refractivity contribution in [2.75, 3.05) is 6.54 Å². The van der Waals surface area contributed by atoms with Gasteiger partial charge in [-0.05, 0) is 31.4 Å². The molecule has 0 saturated carbocycles. The van der Waals surface area contributed by atoms with E-state index in [1.54, 1.807) is 6.07 Å². The van der Waals surface area contributed by atoms with E-state index in [2.05, 4.69) is 19.2 Å². The van der Waals surface area contributed by atoms with E-state index in [0.717, 1.165) is 18.6 Å². The summed E-state index contributed by atoms with van der Waals surface area (Å²) in [6.45, 7) is 8.60. The van der Waals surface area contributed by atoms with Crippen LogP contribution in [-0.4, -0.2) is 18.0 Å². The summed E-state index contributed by atoms with van der Waals surface area (Å²) in [5.74, 6) is 1.46. The third-order valence-electron chi connectivity index (χ3n) is 2.96. The first-order valence-electron chi connectivity index (χ1n) is 6.51. The first-order valence-corrected chi connectivity index (χ1v) is 6.51. The van der Waals surface area contributed by atoms with E-state index in [0.29, 0.717) is 18.2 Å². The number of nitrogens with two attached hydrogens (primary N) is 1. The zero-order valence-electron chi connectivity index (χ0n) is 11.7. The Hall–Kier alpha value is -1.29. The maximum Gasteiger partial charge on any atom is 0.287 e. The van der Waals surface area contributed by atoms with Gasteiger partial charge in [0, 0.05) is 13.0 Å². The minimum absolute atomic E-state index is 0.191. The molecule has 0 aliphatic heterocycles. The summed E-state index contributed by atoms with van der Waals surface area (Å²) in [6, 6.07) is 3.54. The van der Waals surface area contributed by atoms with E-state index in [1.807, 2.05) is 19.9 Å². The van der Waals surface area contributed by atoms with E-state index in [4.69, 9.17) is 10.2 Å². The van der Waals surface area contributed by atoms with Crippen LogP contribution in [0.25, 0.3) is 0 Å². The van der Waals surface area contributed by atoms with E-state index in [1.165, 1.54) is 0 Å². The molecule has 1 aromatic heterocycles. The number of rotatable bonds is 6. The van der Waals surface area contributed by atoms with Crippen LogP contribution in [0.3, 0.4) is 0 Å². The molecule has 0 bridgehead atoms. The molecule has 1 atom stereocenters. The Morgan fingerprint density at radius 3 is 2.61 bits per heavy atom. The number of hydrogen-bond acceptors (Lipinski definition) is 3. The molecule has 4 heteroatoms. The molecule has 18 heavy (non-hydrogen) atoms. The summed E-state index contributed by atoms with van der Waals surface area (Å²) < 4.78 is 5.44. The second kappa shape index (κ2) is 6.05. The van der Waals surface area contributed by atoms with Gasteiger partial charge in [0.05, 0.1) is 5.54 Å². The standard InChI is InChI=1S/C14H24N2O2/c1-5-11-6-7-12(18-11)13(17)16-14(4,9-15)8-10(2)3/h6-7,10H,5,8-9,15H2,1-4H3,(H,16,17). The van der Waals surface area contributed by atoms with Gasteiger partial charge < -0.3 is 15.5 Å². The van der Waals surface area contributed by atoms with Crippen LogP contribution in [0, 0.1) is 5.92 Å². The fraction of sp³-hybridized carbons (Fsp3) is 0.643. The van der Waals surface area contributed by atoms with Crippen molar-refractivity contribution in [3.8, 4) is 0 Å². The number of furan rings is 1. The largest absolute Gasteiger partial charge is 0.456 e. The Balaban J connectivity index is 2.72. The van der Waals surface area contributed by atoms with Crippen LogP contribution in [0.1, 0.15) is 50.4 Å². The van der Waals surface area contributed by atoms with E-state index in [9.17, 15) is 4.79 Å². The first-order chi connectivity index (χ1) is 8.40. The molecule has 1 amide bonds. The van der Waals surface area contributed by atoms with E-state index in [-0.39, 0.29) is 11.4 Å². The highest BCUT2D eigenvalue weighted by atomic mass is 16.3. The lowest BCUT2D eigenvalue weighted by atomic mass is 9.90. The zero-order chi connectivity index (χ0) is 13.8. The van der Waals surface area contributed by atoms with Crippen LogP contribution in [0.15, 0.2) is 16.5 Å². The molecular formula is C14H24N2O2. The van der Waals surface area contributed by atoms with Crippen LogP contribution in [0.5, 0.6) is 0 Å². The summed E-state index contributed by atoms with van der Waals surface area (Å²) in [5.41, 5.74) is 5.38. The van der Waals surface area contributed by atoms with Crippen LogP contribution < -0.4 is 11.1 Å². The third kappa shape index (κ3) is 3.88. The minimum atomic E-state index is -0.385. The lowest BCUT2D eigenvalue weighted by Gasteiger charge is -2.30. The second-order valence-corrected chi connectivity index (χ2v) is 5.44. The maximum atomic E-state index is 12.1. The van der Waals surface area contributed by atoms with Crippen molar-refractivity contribution < 1.29 is 9.21 Å². The molecule has 1 rings (SSSR count). The van der Waals surface area contributed by atoms with Gasteiger partial charge in [0.2, 0.25) is 0 Å². The molecule has 102 valence electrons. The summed E-state index contributed by atoms with van der Waals surface area (Å²) in [7, 11) is 0. The van der Waals surface area contributed by atoms with Crippen LogP contribution in [0.2, 0.25) is 0 Å². The molecule has 0 radical (unpaired) electrons. The topological polar surface area (TPSA) is 68.3 Å². The molecule has 0 aliphatic carbocycles. The van der Waals surface area contributed by atoms with Crippen molar-refractivity contribution in [1.29, 1.82) is 0 Å². The third-order valence-corrected chi connectivity index (χ3v) is 2.96. The summed E-state index contributed by atoms with van der Waals surface area (Å²) in [4.78, 5) is 12.1. The first kappa shape index (κ1) is 14.8. The molecule has 0 aromatic carbocycles. The zero-order valence-corrected chi connectivity index (χ0v) is 11.7. The van der Waals surface area contributed by atoms with Crippen molar-refractivity contribution in [3.05, 3.63) is 23.7 Å². The highest BCUT2D eigenvalue weighted by Crippen LogP contribution is 2.17. The molecule has 3 N–H and O–H groups in total. The molecule has 1 aromatic rings. The van der Waals surface area contributed by atoms with E-state index >= 15 is 0 Å². The Bertz CT molecular complexity index is 398. The molecule has 0 saturated heterocycles. The highest BCUT2D eigenvalue weighted by molar-refractivity contribution is 5.92. The lowest BCUT2D eigenvalue weighted by molar-refractivity contribution is 0.0868. The lowest BCUT2D eigenvalue weighted by Crippen LogP contribution is -2.52. The smallest absolute Gasteiger partial charge is 0.287 e. The SMILES string of the molecule is CCc1ccc(C(=O)NC(C)(CN)CC(C)C)o1. The average molecular weight is 252 g/mol. The number of aryl methyl sites for hydroxylation is 1. The number of carbonyl (C=O) groups is 1. The molecule has 0 fully saturated rings. The van der Waals surface area contributed by atoms with Gasteiger partial charge in [0.15, 0.2) is 5.76 Å². The van der Waals surface area contributed by atoms with Gasteiger partial charge >= 0.3 is 0 Å². The van der Waals surface area contributed by atoms with E-state index < -0.39 is 0 Å². The summed E-state index contributed by atoms with van der Waals surface area (Å²) in [6.07, 6.45) is 1.63. The van der Waals surface area contributed by atoms with Crippen LogP contribution in [-0.2, 0) is 6.42 Å². The predicted molar refractivity (Wildman–Crippen MR) is 72.5 cm³/mol. The quantitative estimate of drug-likeness (QED) is 0.816. The molecule has 4 nitrogen and oxygen atoms in total. The Kier molecular flexibility index (Phi) is 4.96. The van der Waals surface area contributed by atoms with Crippen molar-refractivity contribution >= 4 is 5.91 Å².